The van der Waals surface area contributed by atoms with Gasteiger partial charge in [-0.1, -0.05) is 6.07 Å². The zero-order valence-corrected chi connectivity index (χ0v) is 15.1. The molecule has 2 N–H and O–H groups in total. The fraction of sp³-hybridized carbons (Fsp3) is 0.526. The molecule has 2 fully saturated rings. The number of nitrogens with zero attached hydrogens (tertiary/aromatic N) is 4. The van der Waals surface area contributed by atoms with Gasteiger partial charge in [0.1, 0.15) is 11.3 Å². The number of nitrogens with two attached hydrogens (primary N) is 1. The Hall–Kier alpha value is -2.41. The Labute approximate surface area is 152 Å². The molecule has 0 spiro atoms. The number of likely N-dealkylation sites (tertiary alicyclic amines) is 2. The third-order valence-electron chi connectivity index (χ3n) is 5.72. The van der Waals surface area contributed by atoms with Crippen LogP contribution in [0.1, 0.15) is 35.4 Å². The number of fused-ring (bicyclic) bond motifs is 2. The van der Waals surface area contributed by atoms with Crippen LogP contribution in [0, 0.1) is 12.8 Å². The molecule has 138 valence electrons. The summed E-state index contributed by atoms with van der Waals surface area (Å²) in [5.41, 5.74) is 8.01. The number of hydrogen-bond acceptors (Lipinski definition) is 4. The predicted octanol–water partition coefficient (Wildman–Crippen LogP) is 1.05. The maximum Gasteiger partial charge on any atom is 0.274 e. The van der Waals surface area contributed by atoms with Crippen LogP contribution in [-0.2, 0) is 4.79 Å². The topological polar surface area (TPSA) is 83.9 Å². The van der Waals surface area contributed by atoms with E-state index in [1.54, 1.807) is 0 Å². The first kappa shape index (κ1) is 17.0. The van der Waals surface area contributed by atoms with Crippen LogP contribution in [0.25, 0.3) is 5.65 Å². The van der Waals surface area contributed by atoms with Crippen LogP contribution in [0.3, 0.4) is 0 Å². The Morgan fingerprint density at radius 3 is 2.96 bits per heavy atom. The highest BCUT2D eigenvalue weighted by atomic mass is 16.2. The summed E-state index contributed by atoms with van der Waals surface area (Å²) in [5.74, 6) is 0.511. The highest BCUT2D eigenvalue weighted by Crippen LogP contribution is 2.31. The molecule has 2 aromatic heterocycles. The van der Waals surface area contributed by atoms with E-state index in [2.05, 4.69) is 4.98 Å². The molecule has 0 aliphatic carbocycles. The molecule has 4 heterocycles. The van der Waals surface area contributed by atoms with Gasteiger partial charge in [0.05, 0.1) is 0 Å². The summed E-state index contributed by atoms with van der Waals surface area (Å²) in [6, 6.07) is 6.07. The van der Waals surface area contributed by atoms with Crippen molar-refractivity contribution in [2.45, 2.75) is 32.2 Å². The van der Waals surface area contributed by atoms with Gasteiger partial charge in [-0.25, -0.2) is 4.98 Å². The molecule has 2 aliphatic heterocycles. The number of pyridine rings is 1. The van der Waals surface area contributed by atoms with Crippen LogP contribution in [0.2, 0.25) is 0 Å². The van der Waals surface area contributed by atoms with Crippen LogP contribution in [0.15, 0.2) is 24.4 Å². The van der Waals surface area contributed by atoms with Crippen LogP contribution >= 0.6 is 0 Å². The van der Waals surface area contributed by atoms with Gasteiger partial charge in [0, 0.05) is 50.5 Å². The Bertz CT molecular complexity index is 846. The van der Waals surface area contributed by atoms with E-state index in [1.165, 1.54) is 0 Å². The molecule has 2 saturated heterocycles. The van der Waals surface area contributed by atoms with E-state index in [0.717, 1.165) is 24.2 Å². The van der Waals surface area contributed by atoms with E-state index in [1.807, 2.05) is 45.5 Å². The van der Waals surface area contributed by atoms with Gasteiger partial charge in [-0.2, -0.15) is 0 Å². The normalized spacial score (nSPS) is 23.4. The second-order valence-electron chi connectivity index (χ2n) is 7.30. The summed E-state index contributed by atoms with van der Waals surface area (Å²) < 4.78 is 1.95. The molecule has 2 atom stereocenters. The quantitative estimate of drug-likeness (QED) is 0.892. The zero-order valence-electron chi connectivity index (χ0n) is 15.1. The first-order valence-electron chi connectivity index (χ1n) is 9.32. The number of hydrogen-bond donors (Lipinski definition) is 1. The van der Waals surface area contributed by atoms with E-state index in [-0.39, 0.29) is 17.9 Å². The third-order valence-corrected chi connectivity index (χ3v) is 5.72. The van der Waals surface area contributed by atoms with Gasteiger partial charge in [0.15, 0.2) is 0 Å². The van der Waals surface area contributed by atoms with Crippen molar-refractivity contribution in [2.75, 3.05) is 26.2 Å². The van der Waals surface area contributed by atoms with Crippen molar-refractivity contribution in [3.63, 3.8) is 0 Å². The Morgan fingerprint density at radius 2 is 2.19 bits per heavy atom. The molecule has 2 aliphatic rings. The number of carbonyl (C=O) groups is 2. The predicted molar refractivity (Wildman–Crippen MR) is 97.7 cm³/mol. The van der Waals surface area contributed by atoms with Crippen molar-refractivity contribution in [3.05, 3.63) is 35.8 Å². The van der Waals surface area contributed by atoms with Crippen molar-refractivity contribution in [2.24, 2.45) is 11.7 Å². The molecule has 2 aromatic rings. The largest absolute Gasteiger partial charge is 0.338 e. The standard InChI is InChI=1S/C19H25N5O2/c1-13-3-2-4-17-21-15(12-24(13)17)19(26)22-9-7-16-14(11-22)5-6-18(25)23(16)10-8-20/h2-4,12,14,16H,5-11,20H2,1H3/t14-,16+/m0/s1. The molecule has 26 heavy (non-hydrogen) atoms. The lowest BCUT2D eigenvalue weighted by Crippen LogP contribution is -2.57. The number of aryl methyl sites for hydroxylation is 1. The summed E-state index contributed by atoms with van der Waals surface area (Å²) in [6.45, 7) is 4.43. The summed E-state index contributed by atoms with van der Waals surface area (Å²) >= 11 is 0. The highest BCUT2D eigenvalue weighted by Gasteiger charge is 2.40. The average Bonchev–Trinajstić information content (AvgIpc) is 3.09. The van der Waals surface area contributed by atoms with Crippen molar-refractivity contribution in [1.29, 1.82) is 0 Å². The lowest BCUT2D eigenvalue weighted by Gasteiger charge is -2.46. The van der Waals surface area contributed by atoms with Crippen molar-refractivity contribution < 1.29 is 9.59 Å². The van der Waals surface area contributed by atoms with Gasteiger partial charge in [-0.05, 0) is 37.8 Å². The molecule has 0 unspecified atom stereocenters. The van der Waals surface area contributed by atoms with E-state index in [0.29, 0.717) is 44.2 Å². The van der Waals surface area contributed by atoms with Crippen LogP contribution < -0.4 is 5.73 Å². The molecule has 0 bridgehead atoms. The van der Waals surface area contributed by atoms with Crippen LogP contribution in [0.5, 0.6) is 0 Å². The maximum atomic E-state index is 13.0. The van der Waals surface area contributed by atoms with E-state index < -0.39 is 0 Å². The fourth-order valence-corrected chi connectivity index (χ4v) is 4.38. The lowest BCUT2D eigenvalue weighted by atomic mass is 9.83. The summed E-state index contributed by atoms with van der Waals surface area (Å²) in [6.07, 6.45) is 4.04. The minimum Gasteiger partial charge on any atom is -0.338 e. The van der Waals surface area contributed by atoms with Crippen molar-refractivity contribution in [1.82, 2.24) is 19.2 Å². The summed E-state index contributed by atoms with van der Waals surface area (Å²) in [5, 5.41) is 0. The summed E-state index contributed by atoms with van der Waals surface area (Å²) in [7, 11) is 0. The van der Waals surface area contributed by atoms with E-state index in [9.17, 15) is 9.59 Å². The Kier molecular flexibility index (Phi) is 4.40. The van der Waals surface area contributed by atoms with Gasteiger partial charge in [0.25, 0.3) is 5.91 Å². The zero-order chi connectivity index (χ0) is 18.3. The van der Waals surface area contributed by atoms with E-state index >= 15 is 0 Å². The Morgan fingerprint density at radius 1 is 1.35 bits per heavy atom. The molecule has 0 aromatic carbocycles. The van der Waals surface area contributed by atoms with Gasteiger partial charge in [0.2, 0.25) is 5.91 Å². The number of aromatic nitrogens is 2. The first-order chi connectivity index (χ1) is 12.6. The van der Waals surface area contributed by atoms with Gasteiger partial charge in [-0.3, -0.25) is 9.59 Å². The smallest absolute Gasteiger partial charge is 0.274 e. The number of amides is 2. The molecule has 7 heteroatoms. The molecular formula is C19H25N5O2. The molecule has 0 saturated carbocycles. The summed E-state index contributed by atoms with van der Waals surface area (Å²) in [4.78, 5) is 33.5. The monoisotopic (exact) mass is 355 g/mol. The van der Waals surface area contributed by atoms with Gasteiger partial charge < -0.3 is 19.9 Å². The minimum atomic E-state index is -0.0196. The van der Waals surface area contributed by atoms with Gasteiger partial charge in [-0.15, -0.1) is 0 Å². The van der Waals surface area contributed by atoms with Crippen molar-refractivity contribution in [3.8, 4) is 0 Å². The maximum absolute atomic E-state index is 13.0. The number of rotatable bonds is 3. The van der Waals surface area contributed by atoms with Crippen molar-refractivity contribution >= 4 is 17.5 Å². The number of piperidine rings is 2. The molecule has 4 rings (SSSR count). The third kappa shape index (κ3) is 2.86. The highest BCUT2D eigenvalue weighted by molar-refractivity contribution is 5.93. The van der Waals surface area contributed by atoms with Crippen LogP contribution in [0.4, 0.5) is 0 Å². The lowest BCUT2D eigenvalue weighted by molar-refractivity contribution is -0.140. The van der Waals surface area contributed by atoms with Crippen LogP contribution in [-0.4, -0.2) is 63.2 Å². The number of carbonyl (C=O) groups excluding carboxylic acids is 2. The average molecular weight is 355 g/mol. The molecule has 0 radical (unpaired) electrons. The molecular weight excluding hydrogens is 330 g/mol. The molecule has 2 amide bonds. The fourth-order valence-electron chi connectivity index (χ4n) is 4.38. The van der Waals surface area contributed by atoms with Gasteiger partial charge >= 0.3 is 0 Å². The Balaban J connectivity index is 1.52. The SMILES string of the molecule is Cc1cccc2nc(C(=O)N3CC[C@@H]4[C@@H](CCC(=O)N4CCN)C3)cn12. The molecule has 7 nitrogen and oxygen atoms in total. The number of imidazole rings is 1. The second-order valence-corrected chi connectivity index (χ2v) is 7.30. The minimum absolute atomic E-state index is 0.0196. The first-order valence-corrected chi connectivity index (χ1v) is 9.32. The van der Waals surface area contributed by atoms with E-state index in [4.69, 9.17) is 5.73 Å². The second kappa shape index (κ2) is 6.72.